The summed E-state index contributed by atoms with van der Waals surface area (Å²) in [6, 6.07) is 8.29. The minimum Gasteiger partial charge on any atom is -0.310 e. The Balaban J connectivity index is 2.00. The standard InChI is InChI=1S/C14H20ClN3/c1-3-6-11(15)9-16-10-13-12-7-4-5-8-14(12)18(2)17-13/h4-5,7-8,11,16H,3,6,9-10H2,1-2H3. The van der Waals surface area contributed by atoms with E-state index >= 15 is 0 Å². The van der Waals surface area contributed by atoms with E-state index in [2.05, 4.69) is 35.5 Å². The molecule has 1 aromatic heterocycles. The Labute approximate surface area is 113 Å². The lowest BCUT2D eigenvalue weighted by atomic mass is 10.2. The average Bonchev–Trinajstić information content (AvgIpc) is 2.68. The molecule has 0 amide bonds. The first-order valence-corrected chi connectivity index (χ1v) is 6.91. The first kappa shape index (κ1) is 13.4. The maximum Gasteiger partial charge on any atom is 0.0841 e. The summed E-state index contributed by atoms with van der Waals surface area (Å²) >= 11 is 6.18. The van der Waals surface area contributed by atoms with E-state index in [1.807, 2.05) is 17.8 Å². The Kier molecular flexibility index (Phi) is 4.61. The fraction of sp³-hybridized carbons (Fsp3) is 0.500. The van der Waals surface area contributed by atoms with E-state index in [1.54, 1.807) is 0 Å². The number of nitrogens with zero attached hydrogens (tertiary/aromatic N) is 2. The van der Waals surface area contributed by atoms with Crippen LogP contribution in [0, 0.1) is 0 Å². The van der Waals surface area contributed by atoms with Gasteiger partial charge in [-0.25, -0.2) is 0 Å². The van der Waals surface area contributed by atoms with Crippen LogP contribution in [0.3, 0.4) is 0 Å². The second kappa shape index (κ2) is 6.21. The predicted octanol–water partition coefficient (Wildman–Crippen LogP) is 3.07. The molecule has 1 aromatic carbocycles. The van der Waals surface area contributed by atoms with Crippen LogP contribution in [0.5, 0.6) is 0 Å². The fourth-order valence-electron chi connectivity index (χ4n) is 2.18. The Hall–Kier alpha value is -1.06. The number of fused-ring (bicyclic) bond motifs is 1. The minimum absolute atomic E-state index is 0.213. The van der Waals surface area contributed by atoms with Crippen molar-refractivity contribution < 1.29 is 0 Å². The third-order valence-electron chi connectivity index (χ3n) is 3.09. The zero-order valence-corrected chi connectivity index (χ0v) is 11.7. The van der Waals surface area contributed by atoms with Crippen molar-refractivity contribution in [1.29, 1.82) is 0 Å². The third kappa shape index (κ3) is 3.03. The second-order valence-corrected chi connectivity index (χ2v) is 5.22. The van der Waals surface area contributed by atoms with Gasteiger partial charge in [0.15, 0.2) is 0 Å². The van der Waals surface area contributed by atoms with E-state index in [0.717, 1.165) is 31.6 Å². The van der Waals surface area contributed by atoms with Gasteiger partial charge in [0.1, 0.15) is 0 Å². The number of halogens is 1. The molecule has 18 heavy (non-hydrogen) atoms. The zero-order chi connectivity index (χ0) is 13.0. The Bertz CT molecular complexity index is 507. The van der Waals surface area contributed by atoms with Crippen LogP contribution in [0.15, 0.2) is 24.3 Å². The molecule has 0 aliphatic carbocycles. The molecule has 0 saturated heterocycles. The molecule has 0 aliphatic rings. The van der Waals surface area contributed by atoms with Crippen molar-refractivity contribution >= 4 is 22.5 Å². The van der Waals surface area contributed by atoms with E-state index in [0.29, 0.717) is 0 Å². The van der Waals surface area contributed by atoms with Crippen molar-refractivity contribution in [2.75, 3.05) is 6.54 Å². The van der Waals surface area contributed by atoms with Gasteiger partial charge < -0.3 is 5.32 Å². The molecule has 0 saturated carbocycles. The van der Waals surface area contributed by atoms with Crippen LogP contribution in [-0.4, -0.2) is 21.7 Å². The van der Waals surface area contributed by atoms with E-state index in [-0.39, 0.29) is 5.38 Å². The molecule has 0 radical (unpaired) electrons. The molecule has 1 N–H and O–H groups in total. The van der Waals surface area contributed by atoms with Crippen LogP contribution in [0.1, 0.15) is 25.5 Å². The van der Waals surface area contributed by atoms with Crippen molar-refractivity contribution in [1.82, 2.24) is 15.1 Å². The van der Waals surface area contributed by atoms with Crippen LogP contribution in [-0.2, 0) is 13.6 Å². The number of benzene rings is 1. The zero-order valence-electron chi connectivity index (χ0n) is 11.0. The summed E-state index contributed by atoms with van der Waals surface area (Å²) in [5.74, 6) is 0. The Morgan fingerprint density at radius 2 is 2.17 bits per heavy atom. The lowest BCUT2D eigenvalue weighted by Gasteiger charge is -2.08. The van der Waals surface area contributed by atoms with Crippen molar-refractivity contribution in [3.63, 3.8) is 0 Å². The summed E-state index contributed by atoms with van der Waals surface area (Å²) < 4.78 is 1.93. The summed E-state index contributed by atoms with van der Waals surface area (Å²) in [4.78, 5) is 0. The van der Waals surface area contributed by atoms with Gasteiger partial charge >= 0.3 is 0 Å². The normalized spacial score (nSPS) is 13.1. The van der Waals surface area contributed by atoms with Gasteiger partial charge in [0.25, 0.3) is 0 Å². The lowest BCUT2D eigenvalue weighted by Crippen LogP contribution is -2.23. The van der Waals surface area contributed by atoms with Crippen molar-refractivity contribution in [2.45, 2.75) is 31.7 Å². The van der Waals surface area contributed by atoms with Crippen molar-refractivity contribution in [2.24, 2.45) is 7.05 Å². The molecule has 2 rings (SSSR count). The molecule has 4 heteroatoms. The molecule has 0 bridgehead atoms. The van der Waals surface area contributed by atoms with Gasteiger partial charge in [-0.05, 0) is 12.5 Å². The highest BCUT2D eigenvalue weighted by Crippen LogP contribution is 2.17. The van der Waals surface area contributed by atoms with Gasteiger partial charge in [0.05, 0.1) is 11.2 Å². The summed E-state index contributed by atoms with van der Waals surface area (Å²) in [5, 5.41) is 9.36. The topological polar surface area (TPSA) is 29.9 Å². The predicted molar refractivity (Wildman–Crippen MR) is 77.0 cm³/mol. The van der Waals surface area contributed by atoms with E-state index in [4.69, 9.17) is 11.6 Å². The number of hydrogen-bond acceptors (Lipinski definition) is 2. The Morgan fingerprint density at radius 3 is 2.94 bits per heavy atom. The maximum atomic E-state index is 6.18. The van der Waals surface area contributed by atoms with E-state index in [9.17, 15) is 0 Å². The van der Waals surface area contributed by atoms with Gasteiger partial charge in [0.2, 0.25) is 0 Å². The summed E-state index contributed by atoms with van der Waals surface area (Å²) in [5.41, 5.74) is 2.26. The number of nitrogens with one attached hydrogen (secondary N) is 1. The molecule has 2 aromatic rings. The molecule has 1 unspecified atom stereocenters. The maximum absolute atomic E-state index is 6.18. The molecule has 1 atom stereocenters. The van der Waals surface area contributed by atoms with Gasteiger partial charge in [0, 0.05) is 30.9 Å². The van der Waals surface area contributed by atoms with Crippen LogP contribution in [0.4, 0.5) is 0 Å². The number of rotatable bonds is 6. The number of aryl methyl sites for hydroxylation is 1. The highest BCUT2D eigenvalue weighted by atomic mass is 35.5. The van der Waals surface area contributed by atoms with Gasteiger partial charge in [-0.1, -0.05) is 31.5 Å². The van der Waals surface area contributed by atoms with Crippen LogP contribution < -0.4 is 5.32 Å². The highest BCUT2D eigenvalue weighted by Gasteiger charge is 2.08. The quantitative estimate of drug-likeness (QED) is 0.814. The first-order valence-electron chi connectivity index (χ1n) is 6.47. The highest BCUT2D eigenvalue weighted by molar-refractivity contribution is 6.20. The number of hydrogen-bond donors (Lipinski definition) is 1. The molecular weight excluding hydrogens is 246 g/mol. The summed E-state index contributed by atoms with van der Waals surface area (Å²) in [7, 11) is 1.98. The van der Waals surface area contributed by atoms with Crippen LogP contribution in [0.2, 0.25) is 0 Å². The fourth-order valence-corrected chi connectivity index (χ4v) is 2.51. The number of para-hydroxylation sites is 1. The molecule has 0 spiro atoms. The molecule has 1 heterocycles. The number of aromatic nitrogens is 2. The van der Waals surface area contributed by atoms with Gasteiger partial charge in [-0.3, -0.25) is 4.68 Å². The van der Waals surface area contributed by atoms with Gasteiger partial charge in [-0.15, -0.1) is 11.6 Å². The molecule has 3 nitrogen and oxygen atoms in total. The SMILES string of the molecule is CCCC(Cl)CNCc1nn(C)c2ccccc12. The first-order chi connectivity index (χ1) is 8.72. The second-order valence-electron chi connectivity index (χ2n) is 4.60. The molecular formula is C14H20ClN3. The average molecular weight is 266 g/mol. The van der Waals surface area contributed by atoms with Gasteiger partial charge in [-0.2, -0.15) is 5.10 Å². The van der Waals surface area contributed by atoms with Crippen LogP contribution >= 0.6 is 11.6 Å². The number of alkyl halides is 1. The minimum atomic E-state index is 0.213. The van der Waals surface area contributed by atoms with E-state index < -0.39 is 0 Å². The molecule has 0 aliphatic heterocycles. The van der Waals surface area contributed by atoms with Crippen LogP contribution in [0.25, 0.3) is 10.9 Å². The Morgan fingerprint density at radius 1 is 1.39 bits per heavy atom. The molecule has 98 valence electrons. The van der Waals surface area contributed by atoms with E-state index in [1.165, 1.54) is 10.9 Å². The largest absolute Gasteiger partial charge is 0.310 e. The van der Waals surface area contributed by atoms with Crippen molar-refractivity contribution in [3.05, 3.63) is 30.0 Å². The third-order valence-corrected chi connectivity index (χ3v) is 3.47. The smallest absolute Gasteiger partial charge is 0.0841 e. The summed E-state index contributed by atoms with van der Waals surface area (Å²) in [6.07, 6.45) is 2.18. The lowest BCUT2D eigenvalue weighted by molar-refractivity contribution is 0.611. The molecule has 0 fully saturated rings. The summed E-state index contributed by atoms with van der Waals surface area (Å²) in [6.45, 7) is 3.76. The van der Waals surface area contributed by atoms with Crippen molar-refractivity contribution in [3.8, 4) is 0 Å². The monoisotopic (exact) mass is 265 g/mol.